The highest BCUT2D eigenvalue weighted by molar-refractivity contribution is 5.94. The summed E-state index contributed by atoms with van der Waals surface area (Å²) in [6.07, 6.45) is 0. The Morgan fingerprint density at radius 2 is 1.88 bits per heavy atom. The Morgan fingerprint density at radius 3 is 2.60 bits per heavy atom. The minimum Gasteiger partial charge on any atom is -0.457 e. The quantitative estimate of drug-likeness (QED) is 0.718. The summed E-state index contributed by atoms with van der Waals surface area (Å²) >= 11 is 0. The van der Waals surface area contributed by atoms with Crippen LogP contribution in [0, 0.1) is 13.8 Å². The Bertz CT molecular complexity index is 955. The fourth-order valence-corrected chi connectivity index (χ4v) is 2.65. The minimum atomic E-state index is -0.466. The fraction of sp³-hybridized carbons (Fsp3) is 0.200. The largest absolute Gasteiger partial charge is 0.457 e. The van der Waals surface area contributed by atoms with Crippen molar-refractivity contribution < 1.29 is 18.7 Å². The summed E-state index contributed by atoms with van der Waals surface area (Å²) < 4.78 is 11.1. The van der Waals surface area contributed by atoms with Crippen molar-refractivity contribution in [2.75, 3.05) is 5.32 Å². The second kappa shape index (κ2) is 6.81. The van der Waals surface area contributed by atoms with Gasteiger partial charge in [-0.25, -0.2) is 4.79 Å². The van der Waals surface area contributed by atoms with Crippen LogP contribution in [0.5, 0.6) is 0 Å². The summed E-state index contributed by atoms with van der Waals surface area (Å²) in [4.78, 5) is 23.6. The molecule has 0 spiro atoms. The van der Waals surface area contributed by atoms with Crippen molar-refractivity contribution in [2.24, 2.45) is 0 Å². The van der Waals surface area contributed by atoms with Gasteiger partial charge in [-0.3, -0.25) is 4.79 Å². The Balaban J connectivity index is 1.76. The summed E-state index contributed by atoms with van der Waals surface area (Å²) in [6.45, 7) is 5.28. The number of hydrogen-bond donors (Lipinski definition) is 1. The van der Waals surface area contributed by atoms with Crippen LogP contribution >= 0.6 is 0 Å². The summed E-state index contributed by atoms with van der Waals surface area (Å²) in [5.41, 5.74) is 3.59. The van der Waals surface area contributed by atoms with Gasteiger partial charge >= 0.3 is 5.97 Å². The predicted molar refractivity (Wildman–Crippen MR) is 95.6 cm³/mol. The first-order chi connectivity index (χ1) is 12.0. The zero-order chi connectivity index (χ0) is 18.0. The van der Waals surface area contributed by atoms with Crippen molar-refractivity contribution in [3.05, 3.63) is 64.9 Å². The number of ether oxygens (including phenoxy) is 1. The number of aryl methyl sites for hydroxylation is 2. The van der Waals surface area contributed by atoms with Crippen molar-refractivity contribution >= 4 is 28.5 Å². The van der Waals surface area contributed by atoms with Crippen LogP contribution in [0.15, 0.2) is 46.9 Å². The van der Waals surface area contributed by atoms with E-state index >= 15 is 0 Å². The van der Waals surface area contributed by atoms with E-state index in [9.17, 15) is 9.59 Å². The highest BCUT2D eigenvalue weighted by atomic mass is 16.5. The highest BCUT2D eigenvalue weighted by Gasteiger charge is 2.14. The number of rotatable bonds is 4. The van der Waals surface area contributed by atoms with Gasteiger partial charge in [-0.05, 0) is 37.6 Å². The van der Waals surface area contributed by atoms with Crippen LogP contribution in [0.1, 0.15) is 34.2 Å². The third-order valence-corrected chi connectivity index (χ3v) is 4.06. The number of amides is 1. The number of para-hydroxylation sites is 1. The molecule has 0 atom stereocenters. The zero-order valence-corrected chi connectivity index (χ0v) is 14.4. The van der Waals surface area contributed by atoms with E-state index in [0.717, 1.165) is 22.1 Å². The smallest absolute Gasteiger partial charge is 0.338 e. The highest BCUT2D eigenvalue weighted by Crippen LogP contribution is 2.26. The number of carbonyl (C=O) groups excluding carboxylic acids is 2. The molecule has 3 rings (SSSR count). The first kappa shape index (κ1) is 16.8. The third-order valence-electron chi connectivity index (χ3n) is 4.06. The fourth-order valence-electron chi connectivity index (χ4n) is 2.65. The van der Waals surface area contributed by atoms with E-state index in [4.69, 9.17) is 9.15 Å². The molecule has 25 heavy (non-hydrogen) atoms. The molecular weight excluding hydrogens is 318 g/mol. The standard InChI is InChI=1S/C20H19NO4/c1-12-8-9-15(10-17(12)21-14(3)22)20(23)24-11-19-13(2)16-6-4-5-7-18(16)25-19/h4-10H,11H2,1-3H3,(H,21,22). The zero-order valence-electron chi connectivity index (χ0n) is 14.4. The van der Waals surface area contributed by atoms with E-state index in [2.05, 4.69) is 5.32 Å². The molecule has 128 valence electrons. The van der Waals surface area contributed by atoms with Gasteiger partial charge in [0.15, 0.2) is 0 Å². The Labute approximate surface area is 145 Å². The Kier molecular flexibility index (Phi) is 4.57. The van der Waals surface area contributed by atoms with Crippen LogP contribution in [0.3, 0.4) is 0 Å². The van der Waals surface area contributed by atoms with E-state index in [1.54, 1.807) is 18.2 Å². The molecule has 0 radical (unpaired) electrons. The van der Waals surface area contributed by atoms with Gasteiger partial charge in [0.25, 0.3) is 0 Å². The molecule has 0 saturated carbocycles. The van der Waals surface area contributed by atoms with Gasteiger partial charge in [0.1, 0.15) is 18.0 Å². The van der Waals surface area contributed by atoms with Crippen molar-refractivity contribution in [3.63, 3.8) is 0 Å². The van der Waals surface area contributed by atoms with Gasteiger partial charge in [0.2, 0.25) is 5.91 Å². The lowest BCUT2D eigenvalue weighted by Crippen LogP contribution is -2.10. The topological polar surface area (TPSA) is 68.5 Å². The number of benzene rings is 2. The summed E-state index contributed by atoms with van der Waals surface area (Å²) in [6, 6.07) is 12.8. The molecule has 1 heterocycles. The van der Waals surface area contributed by atoms with Crippen molar-refractivity contribution in [1.29, 1.82) is 0 Å². The molecule has 0 unspecified atom stereocenters. The molecule has 1 amide bonds. The van der Waals surface area contributed by atoms with E-state index in [1.165, 1.54) is 6.92 Å². The van der Waals surface area contributed by atoms with Gasteiger partial charge in [-0.15, -0.1) is 0 Å². The number of esters is 1. The molecule has 0 aliphatic rings. The molecule has 0 fully saturated rings. The average Bonchev–Trinajstić information content (AvgIpc) is 2.91. The lowest BCUT2D eigenvalue weighted by Gasteiger charge is -2.09. The maximum absolute atomic E-state index is 12.3. The SMILES string of the molecule is CC(=O)Nc1cc(C(=O)OCc2oc3ccccc3c2C)ccc1C. The maximum Gasteiger partial charge on any atom is 0.338 e. The average molecular weight is 337 g/mol. The summed E-state index contributed by atoms with van der Waals surface area (Å²) in [5.74, 6) is -0.0262. The lowest BCUT2D eigenvalue weighted by molar-refractivity contribution is -0.114. The van der Waals surface area contributed by atoms with E-state index in [-0.39, 0.29) is 12.5 Å². The van der Waals surface area contributed by atoms with Gasteiger partial charge < -0.3 is 14.5 Å². The van der Waals surface area contributed by atoms with E-state index < -0.39 is 5.97 Å². The molecule has 3 aromatic rings. The second-order valence-corrected chi connectivity index (χ2v) is 5.93. The van der Waals surface area contributed by atoms with Crippen LogP contribution in [0.4, 0.5) is 5.69 Å². The molecule has 5 nitrogen and oxygen atoms in total. The molecule has 2 aromatic carbocycles. The Hall–Kier alpha value is -3.08. The first-order valence-corrected chi connectivity index (χ1v) is 7.98. The number of furan rings is 1. The molecule has 1 N–H and O–H groups in total. The van der Waals surface area contributed by atoms with Crippen LogP contribution in [0.2, 0.25) is 0 Å². The van der Waals surface area contributed by atoms with Gasteiger partial charge in [0.05, 0.1) is 5.56 Å². The van der Waals surface area contributed by atoms with Crippen molar-refractivity contribution in [2.45, 2.75) is 27.4 Å². The lowest BCUT2D eigenvalue weighted by atomic mass is 10.1. The predicted octanol–water partition coefficient (Wildman–Crippen LogP) is 4.37. The van der Waals surface area contributed by atoms with Crippen LogP contribution in [0.25, 0.3) is 11.0 Å². The maximum atomic E-state index is 12.3. The second-order valence-electron chi connectivity index (χ2n) is 5.93. The van der Waals surface area contributed by atoms with Gasteiger partial charge in [-0.2, -0.15) is 0 Å². The molecule has 0 aliphatic heterocycles. The summed E-state index contributed by atoms with van der Waals surface area (Å²) in [5, 5.41) is 3.71. The van der Waals surface area contributed by atoms with Crippen LogP contribution in [-0.2, 0) is 16.1 Å². The molecule has 5 heteroatoms. The number of fused-ring (bicyclic) bond motifs is 1. The molecule has 0 saturated heterocycles. The molecule has 1 aromatic heterocycles. The van der Waals surface area contributed by atoms with Gasteiger partial charge in [0, 0.05) is 23.6 Å². The number of hydrogen-bond acceptors (Lipinski definition) is 4. The van der Waals surface area contributed by atoms with Crippen LogP contribution < -0.4 is 5.32 Å². The van der Waals surface area contributed by atoms with E-state index in [0.29, 0.717) is 17.0 Å². The summed E-state index contributed by atoms with van der Waals surface area (Å²) in [7, 11) is 0. The van der Waals surface area contributed by atoms with Crippen LogP contribution in [-0.4, -0.2) is 11.9 Å². The molecule has 0 bridgehead atoms. The third kappa shape index (κ3) is 3.55. The molecule has 0 aliphatic carbocycles. The van der Waals surface area contributed by atoms with E-state index in [1.807, 2.05) is 38.1 Å². The van der Waals surface area contributed by atoms with Crippen molar-refractivity contribution in [3.8, 4) is 0 Å². The number of nitrogens with one attached hydrogen (secondary N) is 1. The van der Waals surface area contributed by atoms with Gasteiger partial charge in [-0.1, -0.05) is 24.3 Å². The monoisotopic (exact) mass is 337 g/mol. The number of anilines is 1. The van der Waals surface area contributed by atoms with Crippen molar-refractivity contribution in [1.82, 2.24) is 0 Å². The normalized spacial score (nSPS) is 10.7. The molecular formula is C20H19NO4. The number of carbonyl (C=O) groups is 2. The Morgan fingerprint density at radius 1 is 1.12 bits per heavy atom. The first-order valence-electron chi connectivity index (χ1n) is 7.98. The minimum absolute atomic E-state index is 0.0582.